The molecule has 0 saturated carbocycles. The summed E-state index contributed by atoms with van der Waals surface area (Å²) in [5, 5.41) is 3.89. The lowest BCUT2D eigenvalue weighted by Gasteiger charge is -1.93. The maximum Gasteiger partial charge on any atom is 0.232 e. The summed E-state index contributed by atoms with van der Waals surface area (Å²) in [6.45, 7) is 2.06. The van der Waals surface area contributed by atoms with E-state index in [4.69, 9.17) is 8.94 Å². The maximum atomic E-state index is 12.9. The quantitative estimate of drug-likeness (QED) is 0.719. The number of halogens is 1. The van der Waals surface area contributed by atoms with E-state index >= 15 is 0 Å². The van der Waals surface area contributed by atoms with Crippen molar-refractivity contribution < 1.29 is 13.3 Å². The lowest BCUT2D eigenvalue weighted by atomic mass is 10.2. The Hall–Kier alpha value is -2.50. The van der Waals surface area contributed by atoms with Crippen LogP contribution in [0.2, 0.25) is 0 Å². The number of aryl methyl sites for hydroxylation is 1. The third-order valence-electron chi connectivity index (χ3n) is 2.96. The zero-order valence-corrected chi connectivity index (χ0v) is 11.5. The summed E-state index contributed by atoms with van der Waals surface area (Å²) in [5.41, 5.74) is 1.42. The fourth-order valence-corrected chi connectivity index (χ4v) is 1.96. The van der Waals surface area contributed by atoms with Crippen molar-refractivity contribution in [3.63, 3.8) is 0 Å². The first-order valence-corrected chi connectivity index (χ1v) is 6.76. The Morgan fingerprint density at radius 3 is 2.71 bits per heavy atom. The van der Waals surface area contributed by atoms with Crippen molar-refractivity contribution in [2.24, 2.45) is 0 Å². The first kappa shape index (κ1) is 13.5. The largest absolute Gasteiger partial charge is 0.444 e. The molecule has 6 heteroatoms. The normalized spacial score (nSPS) is 11.0. The van der Waals surface area contributed by atoms with Crippen LogP contribution >= 0.6 is 0 Å². The molecular weight excluding hydrogens is 273 g/mol. The highest BCUT2D eigenvalue weighted by molar-refractivity contribution is 5.52. The fraction of sp³-hybridized carbons (Fsp3) is 0.267. The minimum absolute atomic E-state index is 0.292. The first-order chi connectivity index (χ1) is 10.2. The van der Waals surface area contributed by atoms with Crippen LogP contribution in [0.25, 0.3) is 11.5 Å². The summed E-state index contributed by atoms with van der Waals surface area (Å²) < 4.78 is 23.4. The molecule has 0 bridgehead atoms. The smallest absolute Gasteiger partial charge is 0.232 e. The Balaban J connectivity index is 1.73. The molecule has 0 radical (unpaired) electrons. The number of hydrogen-bond acceptors (Lipinski definition) is 5. The number of aromatic nitrogens is 3. The zero-order valence-electron chi connectivity index (χ0n) is 11.5. The van der Waals surface area contributed by atoms with Gasteiger partial charge in [-0.3, -0.25) is 0 Å². The highest BCUT2D eigenvalue weighted by Crippen LogP contribution is 2.20. The van der Waals surface area contributed by atoms with Crippen LogP contribution in [0.1, 0.15) is 30.8 Å². The molecule has 3 aromatic rings. The van der Waals surface area contributed by atoms with Gasteiger partial charge in [0.2, 0.25) is 11.8 Å². The Kier molecular flexibility index (Phi) is 3.77. The van der Waals surface area contributed by atoms with Gasteiger partial charge in [-0.2, -0.15) is 4.98 Å². The molecule has 3 rings (SSSR count). The van der Waals surface area contributed by atoms with Gasteiger partial charge in [0, 0.05) is 12.0 Å². The molecule has 0 amide bonds. The molecule has 0 aliphatic heterocycles. The molecular formula is C15H14FN3O2. The summed E-state index contributed by atoms with van der Waals surface area (Å²) in [4.78, 5) is 8.62. The van der Waals surface area contributed by atoms with Crippen molar-refractivity contribution in [3.05, 3.63) is 53.8 Å². The van der Waals surface area contributed by atoms with E-state index in [1.54, 1.807) is 18.4 Å². The van der Waals surface area contributed by atoms with E-state index in [1.807, 2.05) is 0 Å². The molecule has 0 unspecified atom stereocenters. The van der Waals surface area contributed by atoms with Gasteiger partial charge in [-0.05, 0) is 30.7 Å². The van der Waals surface area contributed by atoms with E-state index in [-0.39, 0.29) is 5.82 Å². The molecule has 108 valence electrons. The van der Waals surface area contributed by atoms with E-state index in [0.29, 0.717) is 29.7 Å². The molecule has 21 heavy (non-hydrogen) atoms. The van der Waals surface area contributed by atoms with Crippen LogP contribution in [0.15, 0.2) is 39.5 Å². The predicted octanol–water partition coefficient (Wildman–Crippen LogP) is 3.41. The van der Waals surface area contributed by atoms with Gasteiger partial charge < -0.3 is 8.94 Å². The van der Waals surface area contributed by atoms with Crippen LogP contribution in [0, 0.1) is 5.82 Å². The fourth-order valence-electron chi connectivity index (χ4n) is 1.96. The minimum atomic E-state index is -0.292. The number of benzene rings is 1. The van der Waals surface area contributed by atoms with E-state index in [9.17, 15) is 4.39 Å². The molecule has 0 spiro atoms. The number of nitrogens with zero attached hydrogens (tertiary/aromatic N) is 3. The summed E-state index contributed by atoms with van der Waals surface area (Å²) >= 11 is 0. The van der Waals surface area contributed by atoms with E-state index in [0.717, 1.165) is 18.4 Å². The van der Waals surface area contributed by atoms with Crippen molar-refractivity contribution in [2.75, 3.05) is 0 Å². The monoisotopic (exact) mass is 287 g/mol. The van der Waals surface area contributed by atoms with Crippen LogP contribution in [0.4, 0.5) is 4.39 Å². The third-order valence-corrected chi connectivity index (χ3v) is 2.96. The summed E-state index contributed by atoms with van der Waals surface area (Å²) in [6, 6.07) is 5.98. The average molecular weight is 287 g/mol. The topological polar surface area (TPSA) is 65.0 Å². The van der Waals surface area contributed by atoms with Gasteiger partial charge in [0.25, 0.3) is 0 Å². The highest BCUT2D eigenvalue weighted by Gasteiger charge is 2.11. The van der Waals surface area contributed by atoms with Gasteiger partial charge in [0.1, 0.15) is 12.1 Å². The van der Waals surface area contributed by atoms with Crippen molar-refractivity contribution in [2.45, 2.75) is 26.2 Å². The summed E-state index contributed by atoms with van der Waals surface area (Å²) in [7, 11) is 0. The van der Waals surface area contributed by atoms with Gasteiger partial charge in [-0.1, -0.05) is 12.1 Å². The standard InChI is InChI=1S/C15H14FN3O2/c1-2-3-13-18-14(21-19-13)8-12-9-20-15(17-12)10-4-6-11(16)7-5-10/h4-7,9H,2-3,8H2,1H3. The maximum absolute atomic E-state index is 12.9. The third kappa shape index (κ3) is 3.16. The molecule has 0 saturated heterocycles. The van der Waals surface area contributed by atoms with Gasteiger partial charge in [-0.15, -0.1) is 0 Å². The molecule has 0 aliphatic carbocycles. The van der Waals surface area contributed by atoms with E-state index in [1.165, 1.54) is 12.1 Å². The molecule has 0 atom stereocenters. The van der Waals surface area contributed by atoms with Gasteiger partial charge in [-0.25, -0.2) is 9.37 Å². The summed E-state index contributed by atoms with van der Waals surface area (Å²) in [6.07, 6.45) is 3.73. The van der Waals surface area contributed by atoms with Crippen molar-refractivity contribution in [3.8, 4) is 11.5 Å². The van der Waals surface area contributed by atoms with E-state index < -0.39 is 0 Å². The first-order valence-electron chi connectivity index (χ1n) is 6.76. The molecule has 2 aromatic heterocycles. The number of rotatable bonds is 5. The zero-order chi connectivity index (χ0) is 14.7. The Morgan fingerprint density at radius 2 is 1.95 bits per heavy atom. The second-order valence-corrected chi connectivity index (χ2v) is 4.68. The second kappa shape index (κ2) is 5.87. The van der Waals surface area contributed by atoms with Crippen LogP contribution < -0.4 is 0 Å². The van der Waals surface area contributed by atoms with Gasteiger partial charge in [0.05, 0.1) is 12.1 Å². The molecule has 0 fully saturated rings. The van der Waals surface area contributed by atoms with Crippen LogP contribution in [0.3, 0.4) is 0 Å². The number of hydrogen-bond donors (Lipinski definition) is 0. The van der Waals surface area contributed by atoms with Crippen molar-refractivity contribution >= 4 is 0 Å². The van der Waals surface area contributed by atoms with Crippen molar-refractivity contribution in [1.29, 1.82) is 0 Å². The second-order valence-electron chi connectivity index (χ2n) is 4.68. The van der Waals surface area contributed by atoms with Crippen LogP contribution in [0.5, 0.6) is 0 Å². The lowest BCUT2D eigenvalue weighted by molar-refractivity contribution is 0.378. The SMILES string of the molecule is CCCc1noc(Cc2coc(-c3ccc(F)cc3)n2)n1. The number of oxazole rings is 1. The Bertz CT molecular complexity index is 719. The van der Waals surface area contributed by atoms with Gasteiger partial charge in [0.15, 0.2) is 5.82 Å². The predicted molar refractivity (Wildman–Crippen MR) is 73.0 cm³/mol. The molecule has 2 heterocycles. The molecule has 5 nitrogen and oxygen atoms in total. The van der Waals surface area contributed by atoms with Crippen LogP contribution in [-0.4, -0.2) is 15.1 Å². The van der Waals surface area contributed by atoms with Crippen molar-refractivity contribution in [1.82, 2.24) is 15.1 Å². The Labute approximate surface area is 120 Å². The molecule has 0 aliphatic rings. The van der Waals surface area contributed by atoms with E-state index in [2.05, 4.69) is 22.0 Å². The van der Waals surface area contributed by atoms with Gasteiger partial charge >= 0.3 is 0 Å². The average Bonchev–Trinajstić information content (AvgIpc) is 3.11. The minimum Gasteiger partial charge on any atom is -0.444 e. The molecule has 0 N–H and O–H groups in total. The van der Waals surface area contributed by atoms with Crippen LogP contribution in [-0.2, 0) is 12.8 Å². The Morgan fingerprint density at radius 1 is 1.14 bits per heavy atom. The summed E-state index contributed by atoms with van der Waals surface area (Å²) in [5.74, 6) is 1.37. The highest BCUT2D eigenvalue weighted by atomic mass is 19.1. The molecule has 1 aromatic carbocycles. The lowest BCUT2D eigenvalue weighted by Crippen LogP contribution is -1.90.